The number of halogens is 1. The number of amidine groups is 1. The second kappa shape index (κ2) is 7.77. The number of amides is 1. The topological polar surface area (TPSA) is 73.4 Å². The first-order valence-corrected chi connectivity index (χ1v) is 10.1. The van der Waals surface area contributed by atoms with Gasteiger partial charge in [-0.25, -0.2) is 0 Å². The zero-order valence-electron chi connectivity index (χ0n) is 15.3. The molecular formula is C20H19ClN4O2S. The average molecular weight is 415 g/mol. The first-order valence-electron chi connectivity index (χ1n) is 8.92. The molecule has 0 spiro atoms. The van der Waals surface area contributed by atoms with Gasteiger partial charge in [0, 0.05) is 37.3 Å². The lowest BCUT2D eigenvalue weighted by molar-refractivity contribution is 0.0777. The molecule has 0 atom stereocenters. The van der Waals surface area contributed by atoms with Crippen LogP contribution in [0.15, 0.2) is 47.0 Å². The molecular weight excluding hydrogens is 396 g/mol. The lowest BCUT2D eigenvalue weighted by Gasteiger charge is -2.33. The number of aromatic nitrogens is 1. The average Bonchev–Trinajstić information content (AvgIpc) is 3.29. The van der Waals surface area contributed by atoms with Crippen LogP contribution in [0.5, 0.6) is 0 Å². The minimum absolute atomic E-state index is 0.108. The molecule has 1 aliphatic rings. The molecule has 0 saturated carbocycles. The van der Waals surface area contributed by atoms with Gasteiger partial charge in [-0.05, 0) is 18.6 Å². The maximum absolute atomic E-state index is 12.4. The number of hydrogen-bond acceptors (Lipinski definition) is 5. The van der Waals surface area contributed by atoms with Crippen molar-refractivity contribution in [3.63, 3.8) is 0 Å². The van der Waals surface area contributed by atoms with E-state index in [0.29, 0.717) is 33.0 Å². The van der Waals surface area contributed by atoms with Gasteiger partial charge in [0.05, 0.1) is 15.8 Å². The Labute approximate surface area is 171 Å². The summed E-state index contributed by atoms with van der Waals surface area (Å²) in [5.41, 5.74) is 2.51. The molecule has 3 aromatic rings. The van der Waals surface area contributed by atoms with Crippen LogP contribution in [0.2, 0.25) is 4.34 Å². The highest BCUT2D eigenvalue weighted by atomic mass is 35.5. The smallest absolute Gasteiger partial charge is 0.264 e. The molecule has 1 fully saturated rings. The maximum Gasteiger partial charge on any atom is 0.264 e. The maximum atomic E-state index is 12.4. The predicted molar refractivity (Wildman–Crippen MR) is 110 cm³/mol. The lowest BCUT2D eigenvalue weighted by Crippen LogP contribution is -2.42. The molecule has 1 aromatic carbocycles. The summed E-state index contributed by atoms with van der Waals surface area (Å²) < 4.78 is 5.99. The van der Waals surface area contributed by atoms with Crippen LogP contribution in [-0.2, 0) is 6.54 Å². The first-order chi connectivity index (χ1) is 13.5. The van der Waals surface area contributed by atoms with Crippen molar-refractivity contribution in [1.29, 1.82) is 5.41 Å². The van der Waals surface area contributed by atoms with Gasteiger partial charge in [0.25, 0.3) is 5.91 Å². The molecule has 0 radical (unpaired) electrons. The van der Waals surface area contributed by atoms with Gasteiger partial charge in [0.2, 0.25) is 0 Å². The first kappa shape index (κ1) is 18.7. The minimum atomic E-state index is -0.108. The summed E-state index contributed by atoms with van der Waals surface area (Å²) in [5, 5.41) is 12.3. The number of benzene rings is 1. The van der Waals surface area contributed by atoms with Crippen molar-refractivity contribution >= 4 is 34.7 Å². The molecule has 144 valence electrons. The fraction of sp³-hybridized carbons (Fsp3) is 0.250. The van der Waals surface area contributed by atoms with Crippen molar-refractivity contribution in [2.45, 2.75) is 13.0 Å². The Hall–Kier alpha value is -2.64. The number of thiophene rings is 1. The predicted octanol–water partition coefficient (Wildman–Crippen LogP) is 4.36. The Morgan fingerprint density at radius 3 is 2.64 bits per heavy atom. The van der Waals surface area contributed by atoms with E-state index in [4.69, 9.17) is 21.5 Å². The van der Waals surface area contributed by atoms with E-state index in [9.17, 15) is 4.79 Å². The molecule has 4 rings (SSSR count). The van der Waals surface area contributed by atoms with E-state index in [0.717, 1.165) is 30.6 Å². The molecule has 0 unspecified atom stereocenters. The largest absolute Gasteiger partial charge is 0.359 e. The van der Waals surface area contributed by atoms with E-state index in [2.05, 4.69) is 10.1 Å². The van der Waals surface area contributed by atoms with E-state index in [1.54, 1.807) is 24.1 Å². The molecule has 28 heavy (non-hydrogen) atoms. The van der Waals surface area contributed by atoms with Crippen LogP contribution in [-0.4, -0.2) is 46.8 Å². The van der Waals surface area contributed by atoms with Crippen LogP contribution < -0.4 is 0 Å². The van der Waals surface area contributed by atoms with Crippen molar-refractivity contribution in [3.8, 4) is 11.3 Å². The highest BCUT2D eigenvalue weighted by Gasteiger charge is 2.19. The summed E-state index contributed by atoms with van der Waals surface area (Å²) in [6.45, 7) is 2.23. The van der Waals surface area contributed by atoms with E-state index in [-0.39, 0.29) is 5.91 Å². The fourth-order valence-electron chi connectivity index (χ4n) is 2.97. The van der Waals surface area contributed by atoms with E-state index in [1.807, 2.05) is 30.3 Å². The van der Waals surface area contributed by atoms with Crippen molar-refractivity contribution in [3.05, 3.63) is 63.0 Å². The molecule has 3 heterocycles. The molecule has 0 bridgehead atoms. The second-order valence-corrected chi connectivity index (χ2v) is 8.43. The number of nitrogens with zero attached hydrogens (tertiary/aromatic N) is 3. The van der Waals surface area contributed by atoms with Crippen molar-refractivity contribution in [2.24, 2.45) is 0 Å². The van der Waals surface area contributed by atoms with Crippen LogP contribution in [0.3, 0.4) is 0 Å². The summed E-state index contributed by atoms with van der Waals surface area (Å²) in [6.07, 6.45) is 1.15. The van der Waals surface area contributed by atoms with Gasteiger partial charge < -0.3 is 14.3 Å². The Morgan fingerprint density at radius 1 is 1.29 bits per heavy atom. The van der Waals surface area contributed by atoms with Crippen LogP contribution in [0.1, 0.15) is 27.4 Å². The Bertz CT molecular complexity index is 1010. The molecule has 1 amide bonds. The molecule has 1 N–H and O–H groups in total. The monoisotopic (exact) mass is 414 g/mol. The Kier molecular flexibility index (Phi) is 5.19. The molecule has 6 nitrogen and oxygen atoms in total. The van der Waals surface area contributed by atoms with Gasteiger partial charge in [-0.1, -0.05) is 41.0 Å². The third kappa shape index (κ3) is 3.81. The normalized spacial score (nSPS) is 13.3. The standard InChI is InChI=1S/C20H19ClN4O2S/c1-24(20(26)17-7-8-18(21)28-17)12-15-11-16(23-27-15)13-3-5-14(6-4-13)19(22)25-9-2-10-25/h3-8,11,22H,2,9-10,12H2,1H3. The third-order valence-electron chi connectivity index (χ3n) is 4.71. The van der Waals surface area contributed by atoms with Crippen molar-refractivity contribution < 1.29 is 9.32 Å². The number of likely N-dealkylation sites (tertiary alicyclic amines) is 1. The summed E-state index contributed by atoms with van der Waals surface area (Å²) in [7, 11) is 1.72. The van der Waals surface area contributed by atoms with E-state index < -0.39 is 0 Å². The summed E-state index contributed by atoms with van der Waals surface area (Å²) in [4.78, 5) is 16.6. The molecule has 1 saturated heterocycles. The van der Waals surface area contributed by atoms with Gasteiger partial charge >= 0.3 is 0 Å². The fourth-order valence-corrected chi connectivity index (χ4v) is 4.01. The van der Waals surface area contributed by atoms with Crippen molar-refractivity contribution in [1.82, 2.24) is 15.0 Å². The molecule has 0 aliphatic carbocycles. The Morgan fingerprint density at radius 2 is 2.04 bits per heavy atom. The Balaban J connectivity index is 1.42. The van der Waals surface area contributed by atoms with Gasteiger partial charge in [-0.3, -0.25) is 10.2 Å². The summed E-state index contributed by atoms with van der Waals surface area (Å²) in [6, 6.07) is 13.0. The third-order valence-corrected chi connectivity index (χ3v) is 5.93. The van der Waals surface area contributed by atoms with Gasteiger partial charge in [-0.2, -0.15) is 0 Å². The van der Waals surface area contributed by atoms with Crippen LogP contribution in [0.25, 0.3) is 11.3 Å². The zero-order chi connectivity index (χ0) is 19.7. The van der Waals surface area contributed by atoms with Crippen LogP contribution in [0.4, 0.5) is 0 Å². The van der Waals surface area contributed by atoms with Gasteiger partial charge in [0.15, 0.2) is 5.76 Å². The van der Waals surface area contributed by atoms with Crippen molar-refractivity contribution in [2.75, 3.05) is 20.1 Å². The summed E-state index contributed by atoms with van der Waals surface area (Å²) >= 11 is 7.16. The van der Waals surface area contributed by atoms with E-state index in [1.165, 1.54) is 11.3 Å². The molecule has 2 aromatic heterocycles. The van der Waals surface area contributed by atoms with Gasteiger partial charge in [-0.15, -0.1) is 11.3 Å². The summed E-state index contributed by atoms with van der Waals surface area (Å²) in [5.74, 6) is 1.06. The number of rotatable bonds is 5. The lowest BCUT2D eigenvalue weighted by atomic mass is 10.1. The number of carbonyl (C=O) groups excluding carboxylic acids is 1. The van der Waals surface area contributed by atoms with Crippen LogP contribution >= 0.6 is 22.9 Å². The second-order valence-electron chi connectivity index (χ2n) is 6.71. The van der Waals surface area contributed by atoms with E-state index >= 15 is 0 Å². The number of carbonyl (C=O) groups is 1. The SMILES string of the molecule is CN(Cc1cc(-c2ccc(C(=N)N3CCC3)cc2)no1)C(=O)c1ccc(Cl)s1. The minimum Gasteiger partial charge on any atom is -0.359 e. The molecule has 8 heteroatoms. The highest BCUT2D eigenvalue weighted by Crippen LogP contribution is 2.24. The number of nitrogens with one attached hydrogen (secondary N) is 1. The zero-order valence-corrected chi connectivity index (χ0v) is 16.9. The quantitative estimate of drug-likeness (QED) is 0.497. The molecule has 1 aliphatic heterocycles. The highest BCUT2D eigenvalue weighted by molar-refractivity contribution is 7.17. The van der Waals surface area contributed by atoms with Gasteiger partial charge in [0.1, 0.15) is 11.5 Å². The van der Waals surface area contributed by atoms with Crippen LogP contribution in [0, 0.1) is 5.41 Å². The number of hydrogen-bond donors (Lipinski definition) is 1.